The highest BCUT2D eigenvalue weighted by atomic mass is 15.0. The van der Waals surface area contributed by atoms with Gasteiger partial charge in [0.2, 0.25) is 0 Å². The number of nitrogens with zero attached hydrogens (tertiary/aromatic N) is 5. The zero-order chi connectivity index (χ0) is 79.6. The van der Waals surface area contributed by atoms with Crippen molar-refractivity contribution in [2.45, 2.75) is 20.8 Å². The fourth-order valence-electron chi connectivity index (χ4n) is 17.3. The smallest absolute Gasteiger partial charge is 0.0547 e. The molecule has 18 aromatic carbocycles. The summed E-state index contributed by atoms with van der Waals surface area (Å²) in [5, 5.41) is 13.1. The fraction of sp³-hybridized carbons (Fsp3) is 0.0442. The van der Waals surface area contributed by atoms with Crippen molar-refractivity contribution in [1.29, 1.82) is 0 Å². The van der Waals surface area contributed by atoms with Crippen LogP contribution in [0.3, 0.4) is 0 Å². The first-order valence-electron chi connectivity index (χ1n) is 40.7. The third-order valence-corrected chi connectivity index (χ3v) is 23.3. The third kappa shape index (κ3) is 14.0. The van der Waals surface area contributed by atoms with Gasteiger partial charge in [-0.2, -0.15) is 0 Å². The fourth-order valence-corrected chi connectivity index (χ4v) is 17.3. The molecule has 0 atom stereocenters. The first-order valence-corrected chi connectivity index (χ1v) is 40.7. The van der Waals surface area contributed by atoms with Gasteiger partial charge in [0, 0.05) is 107 Å². The lowest BCUT2D eigenvalue weighted by molar-refractivity contribution is 1.01. The normalized spacial score (nSPS) is 11.3. The molecular weight excluding hydrogens is 1430 g/mol. The van der Waals surface area contributed by atoms with E-state index in [0.29, 0.717) is 0 Å². The van der Waals surface area contributed by atoms with Gasteiger partial charge in [-0.1, -0.05) is 333 Å². The molecule has 23 rings (SSSR count). The topological polar surface area (TPSA) is 24.6 Å². The number of hydrogen-bond acceptors (Lipinski definition) is 0. The summed E-state index contributed by atoms with van der Waals surface area (Å²) < 4.78 is 11.6. The number of aryl methyl sites for hydroxylation is 5. The predicted octanol–water partition coefficient (Wildman–Crippen LogP) is 30.3. The van der Waals surface area contributed by atoms with E-state index < -0.39 is 0 Å². The van der Waals surface area contributed by atoms with Gasteiger partial charge in [0.1, 0.15) is 0 Å². The Balaban J connectivity index is 0.0000000984. The van der Waals surface area contributed by atoms with E-state index in [0.717, 1.165) is 0 Å². The molecule has 0 amide bonds. The maximum atomic E-state index is 2.36. The molecule has 0 N–H and O–H groups in total. The van der Waals surface area contributed by atoms with Crippen LogP contribution < -0.4 is 0 Å². The second-order valence-corrected chi connectivity index (χ2v) is 30.7. The Labute approximate surface area is 688 Å². The molecule has 564 valence electrons. The third-order valence-electron chi connectivity index (χ3n) is 23.3. The molecule has 0 aliphatic rings. The lowest BCUT2D eigenvalue weighted by Crippen LogP contribution is -1.96. The lowest BCUT2D eigenvalue weighted by atomic mass is 10.0. The van der Waals surface area contributed by atoms with E-state index in [1.165, 1.54) is 198 Å². The van der Waals surface area contributed by atoms with Crippen molar-refractivity contribution in [2.24, 2.45) is 14.1 Å². The number of rotatable bonds is 8. The van der Waals surface area contributed by atoms with Crippen LogP contribution in [0.4, 0.5) is 0 Å². The van der Waals surface area contributed by atoms with E-state index >= 15 is 0 Å². The van der Waals surface area contributed by atoms with Crippen LogP contribution in [0.5, 0.6) is 0 Å². The monoisotopic (exact) mass is 1510 g/mol. The molecule has 5 heteroatoms. The summed E-state index contributed by atoms with van der Waals surface area (Å²) in [5.74, 6) is 0. The largest absolute Gasteiger partial charge is 0.344 e. The Morgan fingerprint density at radius 1 is 0.153 bits per heavy atom. The first kappa shape index (κ1) is 73.2. The Morgan fingerprint density at radius 3 is 0.788 bits per heavy atom. The molecule has 0 aliphatic carbocycles. The molecule has 5 nitrogen and oxygen atoms in total. The Hall–Kier alpha value is -15.0. The van der Waals surface area contributed by atoms with Crippen LogP contribution in [0.25, 0.3) is 182 Å². The highest BCUT2D eigenvalue weighted by Gasteiger charge is 2.18. The van der Waals surface area contributed by atoms with E-state index in [2.05, 4.69) is 494 Å². The van der Waals surface area contributed by atoms with Crippen molar-refractivity contribution in [1.82, 2.24) is 22.8 Å². The minimum atomic E-state index is 1.19. The maximum Gasteiger partial charge on any atom is 0.0547 e. The lowest BCUT2D eigenvalue weighted by Gasteiger charge is -2.10. The van der Waals surface area contributed by atoms with Gasteiger partial charge in [-0.25, -0.2) is 0 Å². The van der Waals surface area contributed by atoms with Crippen LogP contribution in [0.1, 0.15) is 16.7 Å². The highest BCUT2D eigenvalue weighted by Crippen LogP contribution is 2.41. The standard InChI is InChI=1S/3C25H19N.2C19H15N/c1-26-24-14-12-20(18-8-4-2-5-9-18)16-22(24)23-17-21(13-15-25(23)26)19-10-6-3-7-11-19;1-18-11-13-19(14-12-18)20-15-16-25-23(17-20)22-9-5-6-10-24(22)26(25)21-7-3-2-4-8-21;1-18-11-13-19(14-12-18)20-15-16-23-22-9-5-6-10-24(22)26(25(23)17-20)21-7-3-2-4-8-21;1-14-8-2-5-11-17(14)20-18-12-6-3-9-15(18)16-10-4-7-13-19(16)20;1-20-18-10-6-5-9-16(18)17-13-15(11-12-19(17)20)14-7-3-2-4-8-14/h3*2-17H,1H3;2*2-13H,1H3. The molecule has 0 bridgehead atoms. The van der Waals surface area contributed by atoms with Crippen LogP contribution >= 0.6 is 0 Å². The highest BCUT2D eigenvalue weighted by molar-refractivity contribution is 6.14. The van der Waals surface area contributed by atoms with Gasteiger partial charge >= 0.3 is 0 Å². The molecule has 118 heavy (non-hydrogen) atoms. The summed E-state index contributed by atoms with van der Waals surface area (Å²) in [4.78, 5) is 0. The minimum Gasteiger partial charge on any atom is -0.344 e. The zero-order valence-corrected chi connectivity index (χ0v) is 66.8. The van der Waals surface area contributed by atoms with Gasteiger partial charge in [0.15, 0.2) is 0 Å². The van der Waals surface area contributed by atoms with Crippen molar-refractivity contribution in [2.75, 3.05) is 0 Å². The average molecular weight is 1510 g/mol. The van der Waals surface area contributed by atoms with E-state index in [1.54, 1.807) is 0 Å². The molecule has 5 heterocycles. The Kier molecular flexibility index (Phi) is 19.9. The minimum absolute atomic E-state index is 1.19. The molecular formula is C113H87N5. The van der Waals surface area contributed by atoms with Gasteiger partial charge in [-0.3, -0.25) is 0 Å². The van der Waals surface area contributed by atoms with Gasteiger partial charge in [0.05, 0.1) is 33.1 Å². The molecule has 0 fully saturated rings. The molecule has 0 saturated carbocycles. The van der Waals surface area contributed by atoms with Gasteiger partial charge in [-0.05, 0) is 197 Å². The number of aromatic nitrogens is 5. The Bertz CT molecular complexity index is 7400. The van der Waals surface area contributed by atoms with Crippen LogP contribution in [0.15, 0.2) is 437 Å². The van der Waals surface area contributed by atoms with Crippen molar-refractivity contribution < 1.29 is 0 Å². The summed E-state index contributed by atoms with van der Waals surface area (Å²) >= 11 is 0. The van der Waals surface area contributed by atoms with E-state index in [1.807, 2.05) is 0 Å². The predicted molar refractivity (Wildman–Crippen MR) is 505 cm³/mol. The average Bonchev–Trinajstić information content (AvgIpc) is 1.65. The molecule has 0 radical (unpaired) electrons. The van der Waals surface area contributed by atoms with Crippen LogP contribution in [-0.4, -0.2) is 22.8 Å². The summed E-state index contributed by atoms with van der Waals surface area (Å²) in [6.07, 6.45) is 0. The zero-order valence-electron chi connectivity index (χ0n) is 66.8. The van der Waals surface area contributed by atoms with Crippen LogP contribution in [0, 0.1) is 20.8 Å². The molecule has 0 saturated heterocycles. The van der Waals surface area contributed by atoms with E-state index in [4.69, 9.17) is 0 Å². The summed E-state index contributed by atoms with van der Waals surface area (Å²) in [6, 6.07) is 156. The van der Waals surface area contributed by atoms with Gasteiger partial charge in [0.25, 0.3) is 0 Å². The number of fused-ring (bicyclic) bond motifs is 15. The summed E-state index contributed by atoms with van der Waals surface area (Å²) in [5.41, 5.74) is 32.7. The maximum absolute atomic E-state index is 2.36. The van der Waals surface area contributed by atoms with Crippen molar-refractivity contribution in [3.8, 4) is 72.7 Å². The molecule has 0 unspecified atom stereocenters. The molecule has 5 aromatic heterocycles. The van der Waals surface area contributed by atoms with E-state index in [9.17, 15) is 0 Å². The van der Waals surface area contributed by atoms with Gasteiger partial charge < -0.3 is 22.8 Å². The number of hydrogen-bond donors (Lipinski definition) is 0. The molecule has 0 aliphatic heterocycles. The van der Waals surface area contributed by atoms with Crippen molar-refractivity contribution >= 4 is 109 Å². The first-order chi connectivity index (χ1) is 58.1. The second-order valence-electron chi connectivity index (χ2n) is 30.7. The van der Waals surface area contributed by atoms with Gasteiger partial charge in [-0.15, -0.1) is 0 Å². The van der Waals surface area contributed by atoms with Crippen molar-refractivity contribution in [3.63, 3.8) is 0 Å². The number of benzene rings is 18. The van der Waals surface area contributed by atoms with E-state index in [-0.39, 0.29) is 0 Å². The molecule has 23 aromatic rings. The van der Waals surface area contributed by atoms with Crippen LogP contribution in [-0.2, 0) is 14.1 Å². The summed E-state index contributed by atoms with van der Waals surface area (Å²) in [7, 11) is 4.28. The van der Waals surface area contributed by atoms with Crippen LogP contribution in [0.2, 0.25) is 0 Å². The summed E-state index contributed by atoms with van der Waals surface area (Å²) in [6.45, 7) is 6.42. The molecule has 0 spiro atoms. The Morgan fingerprint density at radius 2 is 0.390 bits per heavy atom. The quantitative estimate of drug-likeness (QED) is 0.145. The SMILES string of the molecule is Cc1ccc(-c2ccc3c(c2)c2ccccc2n3-c2ccccc2)cc1.Cc1ccc(-c2ccc3c4ccccc4n(-c4ccccc4)c3c2)cc1.Cc1ccccc1-n1c2ccccc2c2ccccc21.Cn1c2ccc(-c3ccccc3)cc2c2cc(-c3ccccc3)ccc21.Cn1c2ccccc2c2cc(-c3ccccc3)ccc21. The van der Waals surface area contributed by atoms with Crippen molar-refractivity contribution in [3.05, 3.63) is 453 Å². The number of para-hydroxylation sites is 8. The second kappa shape index (κ2) is 32.1.